The minimum Gasteiger partial charge on any atom is -0.467 e. The average Bonchev–Trinajstić information content (AvgIpc) is 2.33. The van der Waals surface area contributed by atoms with Crippen molar-refractivity contribution < 1.29 is 9.47 Å². The molecular weight excluding hydrogens is 232 g/mol. The zero-order valence-corrected chi connectivity index (χ0v) is 11.9. The number of nitrogens with zero attached hydrogens (tertiary/aromatic N) is 3. The molecule has 0 saturated carbocycles. The molecule has 6 heteroatoms. The van der Waals surface area contributed by atoms with Crippen LogP contribution in [0.2, 0.25) is 0 Å². The lowest BCUT2D eigenvalue weighted by molar-refractivity contribution is 0.272. The Hall–Kier alpha value is -1.43. The van der Waals surface area contributed by atoms with E-state index in [0.717, 1.165) is 0 Å². The topological polar surface area (TPSA) is 69.2 Å². The number of aromatic nitrogens is 3. The van der Waals surface area contributed by atoms with Gasteiger partial charge in [0.1, 0.15) is 5.82 Å². The van der Waals surface area contributed by atoms with Crippen molar-refractivity contribution in [1.29, 1.82) is 0 Å². The molecule has 1 unspecified atom stereocenters. The molecular formula is C12H22N4O2. The number of hydrogen-bond acceptors (Lipinski definition) is 6. The first-order valence-electron chi connectivity index (χ1n) is 5.91. The van der Waals surface area contributed by atoms with Gasteiger partial charge in [0.2, 0.25) is 0 Å². The molecule has 0 amide bonds. The highest BCUT2D eigenvalue weighted by Gasteiger charge is 2.24. The standard InChI is InChI=1S/C12H22N4O2/c1-12(2,3)8(13-4)7-9-14-10(17-5)16-11(15-9)18-6/h8,13H,7H2,1-6H3. The molecule has 0 aliphatic rings. The molecule has 0 bridgehead atoms. The Labute approximate surface area is 108 Å². The van der Waals surface area contributed by atoms with Crippen LogP contribution < -0.4 is 14.8 Å². The van der Waals surface area contributed by atoms with Crippen LogP contribution in [0.4, 0.5) is 0 Å². The van der Waals surface area contributed by atoms with Crippen molar-refractivity contribution >= 4 is 0 Å². The summed E-state index contributed by atoms with van der Waals surface area (Å²) in [6.45, 7) is 6.51. The second kappa shape index (κ2) is 5.95. The van der Waals surface area contributed by atoms with Gasteiger partial charge < -0.3 is 14.8 Å². The molecule has 1 atom stereocenters. The van der Waals surface area contributed by atoms with Gasteiger partial charge in [0.05, 0.1) is 14.2 Å². The number of nitrogens with one attached hydrogen (secondary N) is 1. The van der Waals surface area contributed by atoms with E-state index in [1.54, 1.807) is 0 Å². The van der Waals surface area contributed by atoms with E-state index in [9.17, 15) is 0 Å². The van der Waals surface area contributed by atoms with Crippen LogP contribution >= 0.6 is 0 Å². The molecule has 0 aromatic carbocycles. The summed E-state index contributed by atoms with van der Waals surface area (Å²) in [5, 5.41) is 3.28. The lowest BCUT2D eigenvalue weighted by atomic mass is 9.85. The van der Waals surface area contributed by atoms with Gasteiger partial charge in [-0.05, 0) is 12.5 Å². The Morgan fingerprint density at radius 2 is 1.56 bits per heavy atom. The van der Waals surface area contributed by atoms with Gasteiger partial charge in [0.15, 0.2) is 0 Å². The van der Waals surface area contributed by atoms with Crippen molar-refractivity contribution in [3.8, 4) is 12.0 Å². The lowest BCUT2D eigenvalue weighted by Crippen LogP contribution is -2.40. The summed E-state index contributed by atoms with van der Waals surface area (Å²) in [6, 6.07) is 0.815. The van der Waals surface area contributed by atoms with Crippen LogP contribution in [0.25, 0.3) is 0 Å². The Morgan fingerprint density at radius 3 is 1.89 bits per heavy atom. The van der Waals surface area contributed by atoms with E-state index in [0.29, 0.717) is 12.2 Å². The van der Waals surface area contributed by atoms with Crippen molar-refractivity contribution in [3.05, 3.63) is 5.82 Å². The Morgan fingerprint density at radius 1 is 1.06 bits per heavy atom. The fraction of sp³-hybridized carbons (Fsp3) is 0.750. The largest absolute Gasteiger partial charge is 0.467 e. The van der Waals surface area contributed by atoms with Gasteiger partial charge in [-0.15, -0.1) is 4.98 Å². The Balaban J connectivity index is 2.95. The third-order valence-corrected chi connectivity index (χ3v) is 2.79. The molecule has 0 spiro atoms. The maximum atomic E-state index is 5.04. The van der Waals surface area contributed by atoms with Crippen molar-refractivity contribution in [2.75, 3.05) is 21.3 Å². The van der Waals surface area contributed by atoms with Crippen LogP contribution in [0.1, 0.15) is 26.6 Å². The summed E-state index contributed by atoms with van der Waals surface area (Å²) >= 11 is 0. The van der Waals surface area contributed by atoms with E-state index in [1.807, 2.05) is 7.05 Å². The number of ether oxygens (including phenoxy) is 2. The second-order valence-electron chi connectivity index (χ2n) is 5.14. The maximum Gasteiger partial charge on any atom is 0.322 e. The van der Waals surface area contributed by atoms with Crippen molar-refractivity contribution in [2.24, 2.45) is 5.41 Å². The summed E-state index contributed by atoms with van der Waals surface area (Å²) in [7, 11) is 4.99. The molecule has 1 heterocycles. The third kappa shape index (κ3) is 3.80. The monoisotopic (exact) mass is 254 g/mol. The summed E-state index contributed by atoms with van der Waals surface area (Å²) < 4.78 is 10.1. The molecule has 1 N–H and O–H groups in total. The normalized spacial score (nSPS) is 13.2. The van der Waals surface area contributed by atoms with Crippen LogP contribution in [0, 0.1) is 5.41 Å². The number of rotatable bonds is 5. The predicted octanol–water partition coefficient (Wildman–Crippen LogP) is 1.07. The van der Waals surface area contributed by atoms with E-state index in [4.69, 9.17) is 9.47 Å². The first kappa shape index (κ1) is 14.6. The third-order valence-electron chi connectivity index (χ3n) is 2.79. The van der Waals surface area contributed by atoms with Gasteiger partial charge in [-0.2, -0.15) is 9.97 Å². The lowest BCUT2D eigenvalue weighted by Gasteiger charge is -2.29. The first-order valence-corrected chi connectivity index (χ1v) is 5.91. The molecule has 102 valence electrons. The van der Waals surface area contributed by atoms with Crippen LogP contribution in [-0.2, 0) is 6.42 Å². The molecule has 0 fully saturated rings. The van der Waals surface area contributed by atoms with Gasteiger partial charge in [0, 0.05) is 12.5 Å². The maximum absolute atomic E-state index is 5.04. The van der Waals surface area contributed by atoms with Crippen LogP contribution in [-0.4, -0.2) is 42.3 Å². The van der Waals surface area contributed by atoms with Gasteiger partial charge in [0.25, 0.3) is 0 Å². The fourth-order valence-electron chi connectivity index (χ4n) is 1.68. The molecule has 0 aliphatic carbocycles. The van der Waals surface area contributed by atoms with E-state index >= 15 is 0 Å². The van der Waals surface area contributed by atoms with Crippen molar-refractivity contribution in [2.45, 2.75) is 33.2 Å². The predicted molar refractivity (Wildman–Crippen MR) is 68.9 cm³/mol. The van der Waals surface area contributed by atoms with E-state index in [1.165, 1.54) is 14.2 Å². The van der Waals surface area contributed by atoms with Crippen LogP contribution in [0.3, 0.4) is 0 Å². The molecule has 1 aromatic heterocycles. The highest BCUT2D eigenvalue weighted by molar-refractivity contribution is 5.07. The molecule has 6 nitrogen and oxygen atoms in total. The molecule has 0 radical (unpaired) electrons. The van der Waals surface area contributed by atoms with Crippen LogP contribution in [0.15, 0.2) is 0 Å². The SMILES string of the molecule is CNC(Cc1nc(OC)nc(OC)n1)C(C)(C)C. The zero-order chi connectivity index (χ0) is 13.8. The van der Waals surface area contributed by atoms with Crippen molar-refractivity contribution in [1.82, 2.24) is 20.3 Å². The molecule has 1 rings (SSSR count). The van der Waals surface area contributed by atoms with Gasteiger partial charge in [-0.1, -0.05) is 20.8 Å². The highest BCUT2D eigenvalue weighted by Crippen LogP contribution is 2.22. The zero-order valence-electron chi connectivity index (χ0n) is 11.9. The summed E-state index contributed by atoms with van der Waals surface area (Å²) in [5.41, 5.74) is 0.113. The molecule has 1 aromatic rings. The van der Waals surface area contributed by atoms with E-state index < -0.39 is 0 Å². The quantitative estimate of drug-likeness (QED) is 0.847. The minimum absolute atomic E-state index is 0.113. The van der Waals surface area contributed by atoms with Gasteiger partial charge >= 0.3 is 12.0 Å². The first-order chi connectivity index (χ1) is 8.40. The fourth-order valence-corrected chi connectivity index (χ4v) is 1.68. The molecule has 18 heavy (non-hydrogen) atoms. The number of methoxy groups -OCH3 is 2. The molecule has 0 aliphatic heterocycles. The summed E-state index contributed by atoms with van der Waals surface area (Å²) in [6.07, 6.45) is 0.690. The summed E-state index contributed by atoms with van der Waals surface area (Å²) in [4.78, 5) is 12.5. The smallest absolute Gasteiger partial charge is 0.322 e. The summed E-state index contributed by atoms with van der Waals surface area (Å²) in [5.74, 6) is 0.660. The van der Waals surface area contributed by atoms with Crippen molar-refractivity contribution in [3.63, 3.8) is 0 Å². The van der Waals surface area contributed by atoms with E-state index in [2.05, 4.69) is 41.0 Å². The average molecular weight is 254 g/mol. The number of likely N-dealkylation sites (N-methyl/N-ethyl adjacent to an activating group) is 1. The van der Waals surface area contributed by atoms with Gasteiger partial charge in [-0.3, -0.25) is 0 Å². The van der Waals surface area contributed by atoms with Gasteiger partial charge in [-0.25, -0.2) is 0 Å². The molecule has 0 saturated heterocycles. The minimum atomic E-state index is 0.113. The van der Waals surface area contributed by atoms with Crippen LogP contribution in [0.5, 0.6) is 12.0 Å². The Kier molecular flexibility index (Phi) is 4.84. The second-order valence-corrected chi connectivity index (χ2v) is 5.14. The number of hydrogen-bond donors (Lipinski definition) is 1. The Bertz CT molecular complexity index is 368. The highest BCUT2D eigenvalue weighted by atomic mass is 16.5. The van der Waals surface area contributed by atoms with E-state index in [-0.39, 0.29) is 23.5 Å².